The van der Waals surface area contributed by atoms with Crippen LogP contribution in [0, 0.1) is 19.7 Å². The quantitative estimate of drug-likeness (QED) is 0.387. The van der Waals surface area contributed by atoms with Gasteiger partial charge in [0.1, 0.15) is 18.4 Å². The number of aryl methyl sites for hydroxylation is 2. The Morgan fingerprint density at radius 3 is 2.24 bits per heavy atom. The second kappa shape index (κ2) is 12.7. The summed E-state index contributed by atoms with van der Waals surface area (Å²) >= 11 is 0. The molecule has 1 N–H and O–H groups in total. The fraction of sp³-hybridized carbons (Fsp3) is 0.310. The summed E-state index contributed by atoms with van der Waals surface area (Å²) in [7, 11) is -4.12. The molecule has 1 atom stereocenters. The minimum Gasteiger partial charge on any atom is -0.354 e. The molecule has 38 heavy (non-hydrogen) atoms. The van der Waals surface area contributed by atoms with Gasteiger partial charge in [-0.25, -0.2) is 12.8 Å². The van der Waals surface area contributed by atoms with Gasteiger partial charge >= 0.3 is 0 Å². The molecule has 0 aliphatic heterocycles. The lowest BCUT2D eigenvalue weighted by atomic mass is 10.1. The number of anilines is 1. The molecule has 0 aromatic heterocycles. The summed E-state index contributed by atoms with van der Waals surface area (Å²) in [5.41, 5.74) is 2.63. The largest absolute Gasteiger partial charge is 0.354 e. The van der Waals surface area contributed by atoms with Crippen LogP contribution in [0.2, 0.25) is 0 Å². The summed E-state index contributed by atoms with van der Waals surface area (Å²) in [6.07, 6.45) is 0.722. The van der Waals surface area contributed by atoms with Crippen LogP contribution in [0.3, 0.4) is 0 Å². The van der Waals surface area contributed by atoms with E-state index in [9.17, 15) is 22.4 Å². The molecule has 3 aromatic carbocycles. The molecule has 202 valence electrons. The van der Waals surface area contributed by atoms with E-state index in [1.807, 2.05) is 19.9 Å². The van der Waals surface area contributed by atoms with Gasteiger partial charge in [0.2, 0.25) is 11.8 Å². The van der Waals surface area contributed by atoms with E-state index in [-0.39, 0.29) is 17.3 Å². The summed E-state index contributed by atoms with van der Waals surface area (Å²) < 4.78 is 42.2. The third kappa shape index (κ3) is 6.98. The molecular formula is C29H34FN3O4S. The number of hydrogen-bond acceptors (Lipinski definition) is 4. The minimum absolute atomic E-state index is 0.00588. The molecule has 0 spiro atoms. The van der Waals surface area contributed by atoms with E-state index < -0.39 is 34.3 Å². The van der Waals surface area contributed by atoms with Crippen LogP contribution < -0.4 is 9.62 Å². The molecule has 0 fully saturated rings. The maximum Gasteiger partial charge on any atom is 0.264 e. The average molecular weight is 540 g/mol. The number of benzene rings is 3. The van der Waals surface area contributed by atoms with Crippen molar-refractivity contribution >= 4 is 27.5 Å². The van der Waals surface area contributed by atoms with Crippen molar-refractivity contribution in [3.8, 4) is 0 Å². The van der Waals surface area contributed by atoms with Crippen LogP contribution in [0.15, 0.2) is 77.7 Å². The molecule has 0 heterocycles. The van der Waals surface area contributed by atoms with Crippen molar-refractivity contribution in [3.63, 3.8) is 0 Å². The van der Waals surface area contributed by atoms with Crippen LogP contribution in [0.5, 0.6) is 0 Å². The van der Waals surface area contributed by atoms with Crippen LogP contribution in [0.25, 0.3) is 0 Å². The van der Waals surface area contributed by atoms with Gasteiger partial charge in [-0.15, -0.1) is 0 Å². The standard InChI is InChI=1S/C29H34FN3O4S/c1-5-17-31-29(35)23(4)32(19-24-12-14-25(30)15-13-24)28(34)20-33(27-16-11-21(2)18-22(27)3)38(36,37)26-9-7-6-8-10-26/h6-16,18,23H,5,17,19-20H2,1-4H3,(H,31,35). The number of nitrogens with one attached hydrogen (secondary N) is 1. The highest BCUT2D eigenvalue weighted by Gasteiger charge is 2.33. The first-order valence-electron chi connectivity index (χ1n) is 12.5. The SMILES string of the molecule is CCCNC(=O)C(C)N(Cc1ccc(F)cc1)C(=O)CN(c1ccc(C)cc1C)S(=O)(=O)c1ccccc1. The van der Waals surface area contributed by atoms with Crippen molar-refractivity contribution < 1.29 is 22.4 Å². The maximum absolute atomic E-state index is 13.8. The van der Waals surface area contributed by atoms with E-state index in [0.717, 1.165) is 16.3 Å². The molecule has 7 nitrogen and oxygen atoms in total. The van der Waals surface area contributed by atoms with Crippen molar-refractivity contribution in [2.45, 2.75) is 51.6 Å². The Kier molecular flexibility index (Phi) is 9.63. The number of rotatable bonds is 11. The van der Waals surface area contributed by atoms with E-state index in [4.69, 9.17) is 0 Å². The first-order valence-corrected chi connectivity index (χ1v) is 13.9. The smallest absolute Gasteiger partial charge is 0.264 e. The molecule has 3 rings (SSSR count). The van der Waals surface area contributed by atoms with Gasteiger partial charge in [0.05, 0.1) is 10.6 Å². The molecule has 3 aromatic rings. The van der Waals surface area contributed by atoms with Gasteiger partial charge in [-0.05, 0) is 68.7 Å². The molecular weight excluding hydrogens is 505 g/mol. The zero-order valence-corrected chi connectivity index (χ0v) is 23.0. The third-order valence-corrected chi connectivity index (χ3v) is 7.99. The normalized spacial score (nSPS) is 12.0. The molecule has 1 unspecified atom stereocenters. The number of sulfonamides is 1. The topological polar surface area (TPSA) is 86.8 Å². The van der Waals surface area contributed by atoms with Crippen LogP contribution >= 0.6 is 0 Å². The fourth-order valence-corrected chi connectivity index (χ4v) is 5.58. The summed E-state index contributed by atoms with van der Waals surface area (Å²) in [6.45, 7) is 7.14. The van der Waals surface area contributed by atoms with E-state index in [2.05, 4.69) is 5.32 Å². The van der Waals surface area contributed by atoms with Crippen LogP contribution in [-0.4, -0.2) is 44.3 Å². The lowest BCUT2D eigenvalue weighted by Gasteiger charge is -2.32. The van der Waals surface area contributed by atoms with Gasteiger partial charge in [0.15, 0.2) is 0 Å². The van der Waals surface area contributed by atoms with Gasteiger partial charge in [-0.3, -0.25) is 13.9 Å². The van der Waals surface area contributed by atoms with Crippen LogP contribution in [0.4, 0.5) is 10.1 Å². The Bertz CT molecular complexity index is 1360. The summed E-state index contributed by atoms with van der Waals surface area (Å²) in [5, 5.41) is 2.79. The van der Waals surface area contributed by atoms with Gasteiger partial charge in [-0.2, -0.15) is 0 Å². The number of carbonyl (C=O) groups is 2. The predicted molar refractivity (Wildman–Crippen MR) is 147 cm³/mol. The Labute approximate surface area is 224 Å². The van der Waals surface area contributed by atoms with Crippen molar-refractivity contribution in [3.05, 3.63) is 95.3 Å². The number of halogens is 1. The fourth-order valence-electron chi connectivity index (χ4n) is 4.08. The van der Waals surface area contributed by atoms with E-state index in [1.54, 1.807) is 44.2 Å². The minimum atomic E-state index is -4.12. The van der Waals surface area contributed by atoms with Crippen molar-refractivity contribution in [2.75, 3.05) is 17.4 Å². The van der Waals surface area contributed by atoms with Crippen LogP contribution in [-0.2, 0) is 26.2 Å². The van der Waals surface area contributed by atoms with Crippen molar-refractivity contribution in [1.29, 1.82) is 0 Å². The Hall–Kier alpha value is -3.72. The van der Waals surface area contributed by atoms with Crippen molar-refractivity contribution in [1.82, 2.24) is 10.2 Å². The first kappa shape index (κ1) is 28.8. The number of nitrogens with zero attached hydrogens (tertiary/aromatic N) is 2. The van der Waals surface area contributed by atoms with E-state index in [1.165, 1.54) is 41.3 Å². The monoisotopic (exact) mass is 539 g/mol. The van der Waals surface area contributed by atoms with Crippen molar-refractivity contribution in [2.24, 2.45) is 0 Å². The summed E-state index contributed by atoms with van der Waals surface area (Å²) in [5.74, 6) is -1.34. The third-order valence-electron chi connectivity index (χ3n) is 6.21. The van der Waals surface area contributed by atoms with E-state index in [0.29, 0.717) is 23.4 Å². The van der Waals surface area contributed by atoms with E-state index >= 15 is 0 Å². The highest BCUT2D eigenvalue weighted by Crippen LogP contribution is 2.28. The Morgan fingerprint density at radius 2 is 1.63 bits per heavy atom. The van der Waals surface area contributed by atoms with Gasteiger partial charge < -0.3 is 10.2 Å². The maximum atomic E-state index is 13.8. The highest BCUT2D eigenvalue weighted by molar-refractivity contribution is 7.92. The number of hydrogen-bond donors (Lipinski definition) is 1. The first-order chi connectivity index (χ1) is 18.0. The molecule has 0 aliphatic rings. The zero-order chi connectivity index (χ0) is 27.9. The molecule has 9 heteroatoms. The van der Waals surface area contributed by atoms with Gasteiger partial charge in [0, 0.05) is 13.1 Å². The molecule has 2 amide bonds. The molecule has 0 saturated heterocycles. The molecule has 0 radical (unpaired) electrons. The molecule has 0 saturated carbocycles. The second-order valence-electron chi connectivity index (χ2n) is 9.23. The lowest BCUT2D eigenvalue weighted by Crippen LogP contribution is -2.51. The Balaban J connectivity index is 2.03. The molecule has 0 bridgehead atoms. The second-order valence-corrected chi connectivity index (χ2v) is 11.1. The number of carbonyl (C=O) groups excluding carboxylic acids is 2. The Morgan fingerprint density at radius 1 is 0.974 bits per heavy atom. The van der Waals surface area contributed by atoms with Gasteiger partial charge in [-0.1, -0.05) is 55.0 Å². The number of amides is 2. The average Bonchev–Trinajstić information content (AvgIpc) is 2.90. The summed E-state index contributed by atoms with van der Waals surface area (Å²) in [4.78, 5) is 28.1. The highest BCUT2D eigenvalue weighted by atomic mass is 32.2. The van der Waals surface area contributed by atoms with Gasteiger partial charge in [0.25, 0.3) is 10.0 Å². The predicted octanol–water partition coefficient (Wildman–Crippen LogP) is 4.58. The lowest BCUT2D eigenvalue weighted by molar-refractivity contribution is -0.139. The zero-order valence-electron chi connectivity index (χ0n) is 22.1. The molecule has 0 aliphatic carbocycles. The van der Waals surface area contributed by atoms with Crippen LogP contribution in [0.1, 0.15) is 37.0 Å². The summed E-state index contributed by atoms with van der Waals surface area (Å²) in [6, 6.07) is 18.0.